The normalized spacial score (nSPS) is 12.6. The van der Waals surface area contributed by atoms with E-state index in [0.29, 0.717) is 5.82 Å². The average molecular weight is 172 g/mol. The van der Waals surface area contributed by atoms with E-state index in [-0.39, 0.29) is 0 Å². The molecule has 2 aromatic rings. The van der Waals surface area contributed by atoms with Crippen LogP contribution in [-0.2, 0) is 6.42 Å². The van der Waals surface area contributed by atoms with E-state index in [4.69, 9.17) is 5.73 Å². The minimum atomic E-state index is 0.588. The van der Waals surface area contributed by atoms with Crippen LogP contribution in [0.5, 0.6) is 0 Å². The highest BCUT2D eigenvalue weighted by atomic mass is 14.9. The van der Waals surface area contributed by atoms with E-state index in [1.165, 1.54) is 12.0 Å². The van der Waals surface area contributed by atoms with Crippen LogP contribution in [0.1, 0.15) is 11.3 Å². The Labute approximate surface area is 74.8 Å². The van der Waals surface area contributed by atoms with Crippen molar-refractivity contribution in [2.24, 2.45) is 0 Å². The third-order valence-corrected chi connectivity index (χ3v) is 2.35. The molecule has 2 aromatic heterocycles. The molecule has 0 amide bonds. The maximum absolute atomic E-state index is 5.76. The van der Waals surface area contributed by atoms with E-state index < -0.39 is 0 Å². The summed E-state index contributed by atoms with van der Waals surface area (Å²) < 4.78 is 0. The molecule has 64 valence electrons. The standard InChI is InChI=1S/C9H8N4/c10-9-6-3-5-1-2-7(13-5)8(6)11-4-12-9/h1-2,4,13H,3H2,(H2,10,11,12). The summed E-state index contributed by atoms with van der Waals surface area (Å²) in [5, 5.41) is 0. The van der Waals surface area contributed by atoms with E-state index in [0.717, 1.165) is 23.4 Å². The van der Waals surface area contributed by atoms with E-state index in [1.54, 1.807) is 0 Å². The van der Waals surface area contributed by atoms with Gasteiger partial charge in [-0.05, 0) is 12.1 Å². The average Bonchev–Trinajstić information content (AvgIpc) is 2.51. The van der Waals surface area contributed by atoms with Crippen molar-refractivity contribution in [3.05, 3.63) is 29.7 Å². The van der Waals surface area contributed by atoms with E-state index in [1.807, 2.05) is 6.07 Å². The molecule has 0 spiro atoms. The lowest BCUT2D eigenvalue weighted by Gasteiger charge is -2.11. The van der Waals surface area contributed by atoms with Gasteiger partial charge >= 0.3 is 0 Å². The molecule has 1 aliphatic rings. The smallest absolute Gasteiger partial charge is 0.131 e. The molecule has 4 nitrogen and oxygen atoms in total. The summed E-state index contributed by atoms with van der Waals surface area (Å²) in [6.45, 7) is 0. The van der Waals surface area contributed by atoms with Crippen LogP contribution in [0.3, 0.4) is 0 Å². The lowest BCUT2D eigenvalue weighted by Crippen LogP contribution is -2.06. The molecule has 2 bridgehead atoms. The van der Waals surface area contributed by atoms with Crippen molar-refractivity contribution in [3.63, 3.8) is 0 Å². The van der Waals surface area contributed by atoms with Gasteiger partial charge in [-0.1, -0.05) is 0 Å². The number of hydrogen-bond acceptors (Lipinski definition) is 3. The summed E-state index contributed by atoms with van der Waals surface area (Å²) in [7, 11) is 0. The zero-order valence-corrected chi connectivity index (χ0v) is 6.91. The molecule has 1 aliphatic heterocycles. The number of fused-ring (bicyclic) bond motifs is 4. The van der Waals surface area contributed by atoms with Gasteiger partial charge in [0.05, 0.1) is 11.4 Å². The van der Waals surface area contributed by atoms with Crippen molar-refractivity contribution in [2.45, 2.75) is 6.42 Å². The molecule has 0 aromatic carbocycles. The molecule has 3 rings (SSSR count). The Bertz CT molecular complexity index is 472. The number of anilines is 1. The van der Waals surface area contributed by atoms with Gasteiger partial charge in [-0.25, -0.2) is 9.97 Å². The molecular formula is C9H8N4. The lowest BCUT2D eigenvalue weighted by atomic mass is 10.1. The fraction of sp³-hybridized carbons (Fsp3) is 0.111. The molecule has 0 saturated carbocycles. The fourth-order valence-corrected chi connectivity index (χ4v) is 1.70. The molecule has 0 fully saturated rings. The fourth-order valence-electron chi connectivity index (χ4n) is 1.70. The first kappa shape index (κ1) is 6.65. The molecule has 4 heteroatoms. The predicted octanol–water partition coefficient (Wildman–Crippen LogP) is 0.958. The van der Waals surface area contributed by atoms with Gasteiger partial charge in [0, 0.05) is 17.7 Å². The summed E-state index contributed by atoms with van der Waals surface area (Å²) in [4.78, 5) is 11.4. The first-order valence-corrected chi connectivity index (χ1v) is 4.12. The predicted molar refractivity (Wildman–Crippen MR) is 49.0 cm³/mol. The Hall–Kier alpha value is -1.84. The summed E-state index contributed by atoms with van der Waals surface area (Å²) in [5.41, 5.74) is 9.94. The topological polar surface area (TPSA) is 67.6 Å². The Morgan fingerprint density at radius 3 is 3.15 bits per heavy atom. The van der Waals surface area contributed by atoms with E-state index in [9.17, 15) is 0 Å². The summed E-state index contributed by atoms with van der Waals surface area (Å²) in [6, 6.07) is 4.07. The Morgan fingerprint density at radius 1 is 1.31 bits per heavy atom. The number of nitrogens with zero attached hydrogens (tertiary/aromatic N) is 2. The van der Waals surface area contributed by atoms with Crippen LogP contribution in [0.4, 0.5) is 5.82 Å². The second kappa shape index (κ2) is 2.10. The molecule has 0 radical (unpaired) electrons. The quantitative estimate of drug-likeness (QED) is 0.530. The van der Waals surface area contributed by atoms with Gasteiger partial charge in [-0.15, -0.1) is 0 Å². The molecule has 3 heterocycles. The van der Waals surface area contributed by atoms with Crippen molar-refractivity contribution in [1.82, 2.24) is 15.0 Å². The van der Waals surface area contributed by atoms with Crippen LogP contribution in [0.15, 0.2) is 18.5 Å². The van der Waals surface area contributed by atoms with Crippen molar-refractivity contribution in [3.8, 4) is 11.4 Å². The van der Waals surface area contributed by atoms with Crippen LogP contribution in [0.25, 0.3) is 11.4 Å². The van der Waals surface area contributed by atoms with Gasteiger partial charge in [-0.2, -0.15) is 0 Å². The highest BCUT2D eigenvalue weighted by Gasteiger charge is 2.18. The maximum atomic E-state index is 5.76. The number of nitrogen functional groups attached to an aromatic ring is 1. The van der Waals surface area contributed by atoms with Gasteiger partial charge in [0.25, 0.3) is 0 Å². The Balaban J connectivity index is 2.36. The minimum Gasteiger partial charge on any atom is -0.383 e. The highest BCUT2D eigenvalue weighted by Crippen LogP contribution is 2.30. The molecule has 0 atom stereocenters. The molecule has 3 N–H and O–H groups in total. The van der Waals surface area contributed by atoms with Gasteiger partial charge in [0.2, 0.25) is 0 Å². The minimum absolute atomic E-state index is 0.588. The third kappa shape index (κ3) is 0.796. The highest BCUT2D eigenvalue weighted by molar-refractivity contribution is 5.68. The second-order valence-electron chi connectivity index (χ2n) is 3.16. The van der Waals surface area contributed by atoms with Gasteiger partial charge in [0.15, 0.2) is 0 Å². The molecule has 0 unspecified atom stereocenters. The molecular weight excluding hydrogens is 164 g/mol. The largest absolute Gasteiger partial charge is 0.383 e. The molecule has 0 saturated heterocycles. The van der Waals surface area contributed by atoms with Gasteiger partial charge < -0.3 is 10.7 Å². The summed E-state index contributed by atoms with van der Waals surface area (Å²) in [6.07, 6.45) is 2.31. The van der Waals surface area contributed by atoms with Crippen LogP contribution >= 0.6 is 0 Å². The monoisotopic (exact) mass is 172 g/mol. The SMILES string of the molecule is Nc1ncnc2c1Cc1ccc-2[nH]1. The zero-order chi connectivity index (χ0) is 8.84. The third-order valence-electron chi connectivity index (χ3n) is 2.35. The number of rotatable bonds is 0. The van der Waals surface area contributed by atoms with E-state index in [2.05, 4.69) is 21.0 Å². The number of nitrogens with two attached hydrogens (primary N) is 1. The maximum Gasteiger partial charge on any atom is 0.131 e. The first-order chi connectivity index (χ1) is 6.34. The van der Waals surface area contributed by atoms with Crippen molar-refractivity contribution >= 4 is 5.82 Å². The summed E-state index contributed by atoms with van der Waals surface area (Å²) in [5.74, 6) is 0.588. The summed E-state index contributed by atoms with van der Waals surface area (Å²) >= 11 is 0. The number of hydrogen-bond donors (Lipinski definition) is 2. The zero-order valence-electron chi connectivity index (χ0n) is 6.91. The van der Waals surface area contributed by atoms with Crippen LogP contribution in [0.2, 0.25) is 0 Å². The van der Waals surface area contributed by atoms with Crippen molar-refractivity contribution < 1.29 is 0 Å². The Kier molecular flexibility index (Phi) is 1.07. The second-order valence-corrected chi connectivity index (χ2v) is 3.16. The molecule has 13 heavy (non-hydrogen) atoms. The van der Waals surface area contributed by atoms with Gasteiger partial charge in [0.1, 0.15) is 12.1 Å². The van der Waals surface area contributed by atoms with Crippen molar-refractivity contribution in [2.75, 3.05) is 5.73 Å². The number of nitrogens with one attached hydrogen (secondary N) is 1. The number of H-pyrrole nitrogens is 1. The Morgan fingerprint density at radius 2 is 2.23 bits per heavy atom. The molecule has 0 aliphatic carbocycles. The number of aromatic amines is 1. The van der Waals surface area contributed by atoms with E-state index >= 15 is 0 Å². The number of aromatic nitrogens is 3. The van der Waals surface area contributed by atoms with Crippen molar-refractivity contribution in [1.29, 1.82) is 0 Å². The van der Waals surface area contributed by atoms with Crippen LogP contribution < -0.4 is 5.73 Å². The van der Waals surface area contributed by atoms with Crippen LogP contribution in [-0.4, -0.2) is 15.0 Å². The van der Waals surface area contributed by atoms with Gasteiger partial charge in [-0.3, -0.25) is 0 Å². The van der Waals surface area contributed by atoms with Crippen LogP contribution in [0, 0.1) is 0 Å². The first-order valence-electron chi connectivity index (χ1n) is 4.12. The lowest BCUT2D eigenvalue weighted by molar-refractivity contribution is 1.02.